The summed E-state index contributed by atoms with van der Waals surface area (Å²) in [4.78, 5) is 14.2. The molecule has 1 N–H and O–H groups in total. The number of nitrogens with one attached hydrogen (secondary N) is 1. The molecule has 0 saturated heterocycles. The van der Waals surface area contributed by atoms with E-state index in [4.69, 9.17) is 23.2 Å². The van der Waals surface area contributed by atoms with Crippen LogP contribution in [-0.2, 0) is 10.5 Å². The summed E-state index contributed by atoms with van der Waals surface area (Å²) in [5, 5.41) is 4.28. The summed E-state index contributed by atoms with van der Waals surface area (Å²) in [5.74, 6) is 1.23. The molecule has 1 aliphatic rings. The van der Waals surface area contributed by atoms with Gasteiger partial charge >= 0.3 is 0 Å². The first-order valence-electron chi connectivity index (χ1n) is 7.47. The van der Waals surface area contributed by atoms with Crippen LogP contribution in [0.5, 0.6) is 0 Å². The molecule has 1 saturated carbocycles. The van der Waals surface area contributed by atoms with Gasteiger partial charge in [-0.05, 0) is 44.5 Å². The molecule has 22 heavy (non-hydrogen) atoms. The average molecular weight is 361 g/mol. The third kappa shape index (κ3) is 5.65. The fourth-order valence-electron chi connectivity index (χ4n) is 2.19. The lowest BCUT2D eigenvalue weighted by atomic mass is 10.2. The zero-order valence-electron chi connectivity index (χ0n) is 12.9. The van der Waals surface area contributed by atoms with E-state index in [1.165, 1.54) is 12.8 Å². The Balaban J connectivity index is 1.65. The van der Waals surface area contributed by atoms with Crippen molar-refractivity contribution in [2.75, 3.05) is 19.3 Å². The summed E-state index contributed by atoms with van der Waals surface area (Å²) < 4.78 is 0. The van der Waals surface area contributed by atoms with Gasteiger partial charge in [-0.15, -0.1) is 11.8 Å². The van der Waals surface area contributed by atoms with E-state index < -0.39 is 0 Å². The number of carbonyl (C=O) groups is 1. The first-order chi connectivity index (χ1) is 10.5. The number of benzene rings is 1. The summed E-state index contributed by atoms with van der Waals surface area (Å²) in [6, 6.07) is 6.55. The highest BCUT2D eigenvalue weighted by Gasteiger charge is 2.29. The van der Waals surface area contributed by atoms with E-state index >= 15 is 0 Å². The van der Waals surface area contributed by atoms with Gasteiger partial charge in [-0.3, -0.25) is 9.69 Å². The lowest BCUT2D eigenvalue weighted by molar-refractivity contribution is -0.118. The molecule has 6 heteroatoms. The summed E-state index contributed by atoms with van der Waals surface area (Å²) in [6.45, 7) is 2.85. The molecule has 1 fully saturated rings. The summed E-state index contributed by atoms with van der Waals surface area (Å²) in [7, 11) is 2.13. The van der Waals surface area contributed by atoms with Gasteiger partial charge in [-0.25, -0.2) is 0 Å². The Kier molecular flexibility index (Phi) is 6.87. The Labute approximate surface area is 146 Å². The Bertz CT molecular complexity index is 523. The quantitative estimate of drug-likeness (QED) is 0.764. The number of nitrogens with zero attached hydrogens (tertiary/aromatic N) is 1. The van der Waals surface area contributed by atoms with Crippen molar-refractivity contribution in [1.82, 2.24) is 10.2 Å². The van der Waals surface area contributed by atoms with Gasteiger partial charge in [0.15, 0.2) is 0 Å². The normalized spacial score (nSPS) is 15.9. The van der Waals surface area contributed by atoms with Crippen LogP contribution in [0.25, 0.3) is 0 Å². The van der Waals surface area contributed by atoms with Crippen molar-refractivity contribution in [1.29, 1.82) is 0 Å². The maximum Gasteiger partial charge on any atom is 0.230 e. The Morgan fingerprint density at radius 2 is 2.18 bits per heavy atom. The molecule has 1 aromatic carbocycles. The largest absolute Gasteiger partial charge is 0.354 e. The van der Waals surface area contributed by atoms with Gasteiger partial charge in [-0.1, -0.05) is 29.3 Å². The molecule has 3 nitrogen and oxygen atoms in total. The van der Waals surface area contributed by atoms with E-state index in [0.717, 1.165) is 5.56 Å². The predicted octanol–water partition coefficient (Wildman–Crippen LogP) is 3.83. The van der Waals surface area contributed by atoms with Gasteiger partial charge in [0.05, 0.1) is 5.75 Å². The smallest absolute Gasteiger partial charge is 0.230 e. The number of carbonyl (C=O) groups excluding carboxylic acids is 1. The molecule has 2 rings (SSSR count). The Morgan fingerprint density at radius 3 is 2.82 bits per heavy atom. The summed E-state index contributed by atoms with van der Waals surface area (Å²) in [6.07, 6.45) is 2.57. The van der Waals surface area contributed by atoms with Crippen LogP contribution in [0.4, 0.5) is 0 Å². The highest BCUT2D eigenvalue weighted by atomic mass is 35.5. The monoisotopic (exact) mass is 360 g/mol. The number of likely N-dealkylation sites (N-methyl/N-ethyl adjacent to an activating group) is 1. The van der Waals surface area contributed by atoms with Crippen LogP contribution >= 0.6 is 35.0 Å². The van der Waals surface area contributed by atoms with Crippen LogP contribution in [0.3, 0.4) is 0 Å². The number of hydrogen-bond donors (Lipinski definition) is 1. The van der Waals surface area contributed by atoms with E-state index in [0.29, 0.717) is 40.2 Å². The van der Waals surface area contributed by atoms with E-state index in [1.54, 1.807) is 17.8 Å². The third-order valence-corrected chi connectivity index (χ3v) is 5.49. The lowest BCUT2D eigenvalue weighted by Crippen LogP contribution is -2.41. The van der Waals surface area contributed by atoms with Crippen molar-refractivity contribution in [2.45, 2.75) is 37.6 Å². The number of halogens is 2. The van der Waals surface area contributed by atoms with Crippen molar-refractivity contribution in [3.05, 3.63) is 33.8 Å². The third-order valence-electron chi connectivity index (χ3n) is 3.92. The van der Waals surface area contributed by atoms with Crippen molar-refractivity contribution in [3.63, 3.8) is 0 Å². The molecule has 0 bridgehead atoms. The molecule has 122 valence electrons. The molecule has 1 atom stereocenters. The highest BCUT2D eigenvalue weighted by molar-refractivity contribution is 7.99. The molecule has 0 heterocycles. The van der Waals surface area contributed by atoms with Crippen molar-refractivity contribution in [3.8, 4) is 0 Å². The molecule has 0 aromatic heterocycles. The number of thioether (sulfide) groups is 1. The Morgan fingerprint density at radius 1 is 1.45 bits per heavy atom. The standard InChI is InChI=1S/C16H22Cl2N2OS/c1-11(20(2)14-5-6-14)8-19-16(21)10-22-9-12-3-4-13(17)7-15(12)18/h3-4,7,11,14H,5-6,8-10H2,1-2H3,(H,19,21). The number of rotatable bonds is 8. The van der Waals surface area contributed by atoms with Crippen molar-refractivity contribution >= 4 is 40.9 Å². The minimum absolute atomic E-state index is 0.0751. The first-order valence-corrected chi connectivity index (χ1v) is 9.38. The average Bonchev–Trinajstić information content (AvgIpc) is 3.31. The second-order valence-electron chi connectivity index (χ2n) is 5.78. The number of amides is 1. The van der Waals surface area contributed by atoms with Gasteiger partial charge in [0, 0.05) is 34.4 Å². The molecule has 1 unspecified atom stereocenters. The lowest BCUT2D eigenvalue weighted by Gasteiger charge is -2.24. The molecule has 0 spiro atoms. The topological polar surface area (TPSA) is 32.3 Å². The van der Waals surface area contributed by atoms with Crippen molar-refractivity contribution < 1.29 is 4.79 Å². The molecule has 0 radical (unpaired) electrons. The van der Waals surface area contributed by atoms with Gasteiger partial charge in [-0.2, -0.15) is 0 Å². The van der Waals surface area contributed by atoms with Gasteiger partial charge in [0.25, 0.3) is 0 Å². The molecule has 0 aliphatic heterocycles. The predicted molar refractivity (Wildman–Crippen MR) is 95.9 cm³/mol. The van der Waals surface area contributed by atoms with Gasteiger partial charge in [0.1, 0.15) is 0 Å². The second-order valence-corrected chi connectivity index (χ2v) is 7.61. The SMILES string of the molecule is CC(CNC(=O)CSCc1ccc(Cl)cc1Cl)N(C)C1CC1. The van der Waals surface area contributed by atoms with Crippen LogP contribution in [0.1, 0.15) is 25.3 Å². The minimum atomic E-state index is 0.0751. The zero-order valence-corrected chi connectivity index (χ0v) is 15.3. The maximum absolute atomic E-state index is 11.9. The van der Waals surface area contributed by atoms with Crippen molar-refractivity contribution in [2.24, 2.45) is 0 Å². The fourth-order valence-corrected chi connectivity index (χ4v) is 3.61. The molecular formula is C16H22Cl2N2OS. The Hall–Kier alpha value is -0.420. The molecular weight excluding hydrogens is 339 g/mol. The summed E-state index contributed by atoms with van der Waals surface area (Å²) in [5.41, 5.74) is 1.01. The van der Waals surface area contributed by atoms with Crippen LogP contribution in [-0.4, -0.2) is 42.2 Å². The van der Waals surface area contributed by atoms with E-state index in [1.807, 2.05) is 12.1 Å². The molecule has 1 aromatic rings. The molecule has 1 amide bonds. The van der Waals surface area contributed by atoms with Crippen LogP contribution in [0, 0.1) is 0 Å². The summed E-state index contributed by atoms with van der Waals surface area (Å²) >= 11 is 13.5. The second kappa shape index (κ2) is 8.44. The van der Waals surface area contributed by atoms with Crippen LogP contribution < -0.4 is 5.32 Å². The van der Waals surface area contributed by atoms with E-state index in [2.05, 4.69) is 24.2 Å². The highest BCUT2D eigenvalue weighted by Crippen LogP contribution is 2.27. The van der Waals surface area contributed by atoms with E-state index in [-0.39, 0.29) is 5.91 Å². The van der Waals surface area contributed by atoms with Gasteiger partial charge < -0.3 is 5.32 Å². The van der Waals surface area contributed by atoms with Crippen LogP contribution in [0.2, 0.25) is 10.0 Å². The molecule has 1 aliphatic carbocycles. The minimum Gasteiger partial charge on any atom is -0.354 e. The first kappa shape index (κ1) is 17.9. The van der Waals surface area contributed by atoms with Crippen LogP contribution in [0.15, 0.2) is 18.2 Å². The van der Waals surface area contributed by atoms with E-state index in [9.17, 15) is 4.79 Å². The zero-order chi connectivity index (χ0) is 16.1. The van der Waals surface area contributed by atoms with Gasteiger partial charge in [0.2, 0.25) is 5.91 Å². The maximum atomic E-state index is 11.9. The number of hydrogen-bond acceptors (Lipinski definition) is 3. The fraction of sp³-hybridized carbons (Fsp3) is 0.562.